The second-order valence-electron chi connectivity index (χ2n) is 10.4. The number of rotatable bonds is 14. The van der Waals surface area contributed by atoms with Crippen molar-refractivity contribution in [3.63, 3.8) is 0 Å². The van der Waals surface area contributed by atoms with Crippen molar-refractivity contribution in [2.75, 3.05) is 18.5 Å². The van der Waals surface area contributed by atoms with Crippen molar-refractivity contribution in [1.82, 2.24) is 10.6 Å². The molecule has 36 heavy (non-hydrogen) atoms. The molecule has 0 aliphatic heterocycles. The lowest BCUT2D eigenvalue weighted by atomic mass is 10.0. The molecule has 0 aliphatic rings. The Hall–Kier alpha value is -2.59. The Morgan fingerprint density at radius 1 is 1.00 bits per heavy atom. The molecule has 3 amide bonds. The van der Waals surface area contributed by atoms with Crippen LogP contribution in [0.25, 0.3) is 0 Å². The molecule has 0 aliphatic carbocycles. The second kappa shape index (κ2) is 14.2. The molecule has 0 saturated carbocycles. The Morgan fingerprint density at radius 3 is 2.14 bits per heavy atom. The molecule has 1 aromatic carbocycles. The lowest BCUT2D eigenvalue weighted by molar-refractivity contribution is -0.142. The zero-order chi connectivity index (χ0) is 27.5. The summed E-state index contributed by atoms with van der Waals surface area (Å²) in [5.74, 6) is -1.72. The SMILES string of the molecule is CC(=O)OCc1ccc(NC(=O)CNC(=O)C(NC(=O)CC(C)(C)OCCC(C)(C)S)C(C)C)cc1. The number of hydrogen-bond donors (Lipinski definition) is 4. The molecular weight excluding hydrogens is 482 g/mol. The molecule has 0 radical (unpaired) electrons. The van der Waals surface area contributed by atoms with Gasteiger partial charge in [0.2, 0.25) is 17.7 Å². The van der Waals surface area contributed by atoms with Crippen LogP contribution < -0.4 is 16.0 Å². The number of ether oxygens (including phenoxy) is 2. The van der Waals surface area contributed by atoms with Crippen LogP contribution in [-0.2, 0) is 35.3 Å². The van der Waals surface area contributed by atoms with Crippen LogP contribution in [0.5, 0.6) is 0 Å². The third kappa shape index (κ3) is 13.5. The summed E-state index contributed by atoms with van der Waals surface area (Å²) in [7, 11) is 0. The van der Waals surface area contributed by atoms with Crippen molar-refractivity contribution in [2.45, 2.75) is 84.3 Å². The standard InChI is InChI=1S/C26H41N3O6S/c1-17(2)23(29-21(31)14-25(4,5)35-13-12-26(6,7)36)24(33)27-15-22(32)28-20-10-8-19(9-11-20)16-34-18(3)30/h8-11,17,23,36H,12-16H2,1-7H3,(H,27,33)(H,28,32)(H,29,31). The Kier molecular flexibility index (Phi) is 12.4. The van der Waals surface area contributed by atoms with E-state index in [0.29, 0.717) is 12.3 Å². The second-order valence-corrected chi connectivity index (χ2v) is 11.6. The molecule has 0 saturated heterocycles. The summed E-state index contributed by atoms with van der Waals surface area (Å²) in [6.07, 6.45) is 0.823. The smallest absolute Gasteiger partial charge is 0.302 e. The maximum atomic E-state index is 12.7. The summed E-state index contributed by atoms with van der Waals surface area (Å²) in [4.78, 5) is 48.5. The topological polar surface area (TPSA) is 123 Å². The minimum absolute atomic E-state index is 0.0877. The van der Waals surface area contributed by atoms with E-state index in [2.05, 4.69) is 28.6 Å². The molecule has 10 heteroatoms. The van der Waals surface area contributed by atoms with Crippen LogP contribution in [0.4, 0.5) is 5.69 Å². The minimum atomic E-state index is -0.793. The Bertz CT molecular complexity index is 894. The average molecular weight is 524 g/mol. The Morgan fingerprint density at radius 2 is 1.61 bits per heavy atom. The van der Waals surface area contributed by atoms with E-state index in [4.69, 9.17) is 9.47 Å². The first-order valence-corrected chi connectivity index (χ1v) is 12.5. The van der Waals surface area contributed by atoms with Gasteiger partial charge in [-0.1, -0.05) is 39.8 Å². The number of amides is 3. The molecule has 3 N–H and O–H groups in total. The molecule has 0 bridgehead atoms. The fraction of sp³-hybridized carbons (Fsp3) is 0.615. The third-order valence-electron chi connectivity index (χ3n) is 5.16. The lowest BCUT2D eigenvalue weighted by Gasteiger charge is -2.28. The van der Waals surface area contributed by atoms with Gasteiger partial charge in [0.15, 0.2) is 0 Å². The molecule has 1 rings (SSSR count). The average Bonchev–Trinajstić information content (AvgIpc) is 2.73. The summed E-state index contributed by atoms with van der Waals surface area (Å²) in [6.45, 7) is 13.0. The number of carbonyl (C=O) groups is 4. The lowest BCUT2D eigenvalue weighted by Crippen LogP contribution is -2.52. The Labute approximate surface area is 219 Å². The zero-order valence-electron chi connectivity index (χ0n) is 22.4. The molecule has 202 valence electrons. The molecule has 0 fully saturated rings. The van der Waals surface area contributed by atoms with Gasteiger partial charge in [0, 0.05) is 24.0 Å². The maximum absolute atomic E-state index is 12.7. The molecule has 1 atom stereocenters. The van der Waals surface area contributed by atoms with Crippen LogP contribution in [0, 0.1) is 5.92 Å². The van der Waals surface area contributed by atoms with Crippen LogP contribution >= 0.6 is 12.6 Å². The van der Waals surface area contributed by atoms with Gasteiger partial charge < -0.3 is 25.4 Å². The number of nitrogens with one attached hydrogen (secondary N) is 3. The van der Waals surface area contributed by atoms with Crippen LogP contribution in [0.2, 0.25) is 0 Å². The van der Waals surface area contributed by atoms with Crippen molar-refractivity contribution in [3.8, 4) is 0 Å². The van der Waals surface area contributed by atoms with E-state index < -0.39 is 23.5 Å². The van der Waals surface area contributed by atoms with E-state index in [0.717, 1.165) is 12.0 Å². The molecule has 1 aromatic rings. The molecule has 0 aromatic heterocycles. The number of thiol groups is 1. The normalized spacial score (nSPS) is 12.6. The summed E-state index contributed by atoms with van der Waals surface area (Å²) >= 11 is 4.48. The highest BCUT2D eigenvalue weighted by Crippen LogP contribution is 2.21. The van der Waals surface area contributed by atoms with Crippen LogP contribution in [0.15, 0.2) is 24.3 Å². The van der Waals surface area contributed by atoms with E-state index in [9.17, 15) is 19.2 Å². The third-order valence-corrected chi connectivity index (χ3v) is 5.39. The van der Waals surface area contributed by atoms with Gasteiger partial charge in [-0.05, 0) is 43.9 Å². The highest BCUT2D eigenvalue weighted by molar-refractivity contribution is 7.81. The van der Waals surface area contributed by atoms with E-state index >= 15 is 0 Å². The molecule has 0 heterocycles. The summed E-state index contributed by atoms with van der Waals surface area (Å²) in [5.41, 5.74) is 0.624. The summed E-state index contributed by atoms with van der Waals surface area (Å²) < 4.78 is 10.6. The van der Waals surface area contributed by atoms with Gasteiger partial charge >= 0.3 is 5.97 Å². The molecular formula is C26H41N3O6S. The van der Waals surface area contributed by atoms with Crippen molar-refractivity contribution in [1.29, 1.82) is 0 Å². The number of anilines is 1. The number of carbonyl (C=O) groups excluding carboxylic acids is 4. The van der Waals surface area contributed by atoms with Crippen LogP contribution in [-0.4, -0.2) is 53.2 Å². The van der Waals surface area contributed by atoms with Gasteiger partial charge in [0.1, 0.15) is 12.6 Å². The van der Waals surface area contributed by atoms with Crippen molar-refractivity contribution in [3.05, 3.63) is 29.8 Å². The maximum Gasteiger partial charge on any atom is 0.302 e. The number of hydrogen-bond acceptors (Lipinski definition) is 7. The van der Waals surface area contributed by atoms with Crippen molar-refractivity contribution in [2.24, 2.45) is 5.92 Å². The van der Waals surface area contributed by atoms with Crippen molar-refractivity contribution >= 4 is 42.0 Å². The fourth-order valence-corrected chi connectivity index (χ4v) is 3.22. The van der Waals surface area contributed by atoms with Gasteiger partial charge in [-0.2, -0.15) is 12.6 Å². The molecule has 1 unspecified atom stereocenters. The van der Waals surface area contributed by atoms with Crippen molar-refractivity contribution < 1.29 is 28.7 Å². The predicted octanol–water partition coefficient (Wildman–Crippen LogP) is 3.23. The van der Waals surface area contributed by atoms with Crippen LogP contribution in [0.1, 0.15) is 66.9 Å². The number of esters is 1. The quantitative estimate of drug-likeness (QED) is 0.219. The highest BCUT2D eigenvalue weighted by atomic mass is 32.1. The van der Waals surface area contributed by atoms with Gasteiger partial charge in [0.25, 0.3) is 0 Å². The highest BCUT2D eigenvalue weighted by Gasteiger charge is 2.29. The van der Waals surface area contributed by atoms with Gasteiger partial charge in [-0.15, -0.1) is 0 Å². The predicted molar refractivity (Wildman–Crippen MR) is 143 cm³/mol. The Balaban J connectivity index is 2.54. The van der Waals surface area contributed by atoms with E-state index in [1.54, 1.807) is 24.3 Å². The first-order chi connectivity index (χ1) is 16.6. The monoisotopic (exact) mass is 523 g/mol. The van der Waals surface area contributed by atoms with Gasteiger partial charge in [0.05, 0.1) is 18.6 Å². The first-order valence-electron chi connectivity index (χ1n) is 12.0. The molecule has 9 nitrogen and oxygen atoms in total. The number of benzene rings is 1. The van der Waals surface area contributed by atoms with Gasteiger partial charge in [-0.3, -0.25) is 19.2 Å². The minimum Gasteiger partial charge on any atom is -0.461 e. The summed E-state index contributed by atoms with van der Waals surface area (Å²) in [5, 5.41) is 8.04. The summed E-state index contributed by atoms with van der Waals surface area (Å²) in [6, 6.07) is 6.02. The fourth-order valence-electron chi connectivity index (χ4n) is 3.13. The molecule has 0 spiro atoms. The van der Waals surface area contributed by atoms with E-state index in [-0.39, 0.29) is 42.1 Å². The van der Waals surface area contributed by atoms with E-state index in [1.165, 1.54) is 6.92 Å². The first kappa shape index (κ1) is 31.4. The van der Waals surface area contributed by atoms with E-state index in [1.807, 2.05) is 41.5 Å². The largest absolute Gasteiger partial charge is 0.461 e. The van der Waals surface area contributed by atoms with Crippen LogP contribution in [0.3, 0.4) is 0 Å². The van der Waals surface area contributed by atoms with Gasteiger partial charge in [-0.25, -0.2) is 0 Å². The zero-order valence-corrected chi connectivity index (χ0v) is 23.3.